The molecule has 4 heteroatoms. The topological polar surface area (TPSA) is 42.0 Å². The maximum absolute atomic E-state index is 10.6. The lowest BCUT2D eigenvalue weighted by Gasteiger charge is -2.22. The van der Waals surface area contributed by atoms with E-state index in [9.17, 15) is 4.79 Å². The van der Waals surface area contributed by atoms with Crippen LogP contribution in [0.15, 0.2) is 12.1 Å². The average molecular weight is 241 g/mol. The number of halogens is 1. The van der Waals surface area contributed by atoms with Crippen molar-refractivity contribution in [3.05, 3.63) is 28.5 Å². The normalized spacial score (nSPS) is 14.2. The van der Waals surface area contributed by atoms with E-state index in [1.165, 1.54) is 0 Å². The number of nitrogens with one attached hydrogen (secondary N) is 1. The second-order valence-electron chi connectivity index (χ2n) is 4.00. The zero-order chi connectivity index (χ0) is 12.1. The van der Waals surface area contributed by atoms with Gasteiger partial charge in [0.05, 0.1) is 11.7 Å². The molecular weight excluding hydrogens is 224 g/mol. The number of nitrogens with zero attached hydrogens (tertiary/aromatic N) is 1. The molecular formula is C12H17ClN2O. The molecule has 0 spiro atoms. The van der Waals surface area contributed by atoms with Crippen molar-refractivity contribution < 1.29 is 4.79 Å². The number of carbonyl (C=O) groups excluding carboxylic acids is 1. The van der Waals surface area contributed by atoms with E-state index in [4.69, 9.17) is 11.6 Å². The van der Waals surface area contributed by atoms with Gasteiger partial charge in [-0.05, 0) is 25.0 Å². The Labute approximate surface area is 101 Å². The fourth-order valence-electron chi connectivity index (χ4n) is 1.66. The van der Waals surface area contributed by atoms with Crippen LogP contribution in [0.3, 0.4) is 0 Å². The molecule has 1 heterocycles. The fraction of sp³-hybridized carbons (Fsp3) is 0.500. The van der Waals surface area contributed by atoms with Crippen molar-refractivity contribution in [3.8, 4) is 0 Å². The molecule has 2 atom stereocenters. The fourth-order valence-corrected chi connectivity index (χ4v) is 1.93. The standard InChI is InChI=1S/C12H17ClN2O/c1-4-8(2)12(14-7-16)11-6-10(13)5-9(3)15-11/h5-8,12H,4H2,1-3H3,(H,14,16)/t8-,12+/m1/s1. The minimum absolute atomic E-state index is 0.0695. The number of rotatable bonds is 5. The maximum atomic E-state index is 10.6. The molecule has 0 unspecified atom stereocenters. The smallest absolute Gasteiger partial charge is 0.207 e. The van der Waals surface area contributed by atoms with Crippen LogP contribution in [0.1, 0.15) is 37.7 Å². The molecule has 1 N–H and O–H groups in total. The number of hydrogen-bond acceptors (Lipinski definition) is 2. The van der Waals surface area contributed by atoms with E-state index in [1.54, 1.807) is 6.07 Å². The van der Waals surface area contributed by atoms with E-state index in [0.717, 1.165) is 24.2 Å². The summed E-state index contributed by atoms with van der Waals surface area (Å²) in [5, 5.41) is 3.46. The Kier molecular flexibility index (Phi) is 4.74. The van der Waals surface area contributed by atoms with E-state index >= 15 is 0 Å². The molecule has 0 fully saturated rings. The second-order valence-corrected chi connectivity index (χ2v) is 4.44. The van der Waals surface area contributed by atoms with Crippen molar-refractivity contribution in [3.63, 3.8) is 0 Å². The molecule has 0 aromatic carbocycles. The van der Waals surface area contributed by atoms with Gasteiger partial charge in [-0.1, -0.05) is 31.9 Å². The van der Waals surface area contributed by atoms with Crippen LogP contribution in [-0.4, -0.2) is 11.4 Å². The van der Waals surface area contributed by atoms with Gasteiger partial charge in [0.1, 0.15) is 0 Å². The van der Waals surface area contributed by atoms with E-state index in [-0.39, 0.29) is 6.04 Å². The number of pyridine rings is 1. The summed E-state index contributed by atoms with van der Waals surface area (Å²) in [6.07, 6.45) is 1.69. The SMILES string of the molecule is CC[C@@H](C)[C@H](NC=O)c1cc(Cl)cc(C)n1. The Bertz CT molecular complexity index is 348. The van der Waals surface area contributed by atoms with Crippen molar-refractivity contribution in [1.29, 1.82) is 0 Å². The Balaban J connectivity index is 3.04. The number of amides is 1. The van der Waals surface area contributed by atoms with E-state index < -0.39 is 0 Å². The summed E-state index contributed by atoms with van der Waals surface area (Å²) in [6, 6.07) is 3.54. The largest absolute Gasteiger partial charge is 0.350 e. The van der Waals surface area contributed by atoms with Crippen LogP contribution < -0.4 is 5.32 Å². The lowest BCUT2D eigenvalue weighted by molar-refractivity contribution is -0.110. The molecule has 1 rings (SSSR count). The molecule has 1 aromatic rings. The number of aryl methyl sites for hydroxylation is 1. The van der Waals surface area contributed by atoms with E-state index in [0.29, 0.717) is 10.9 Å². The van der Waals surface area contributed by atoms with Gasteiger partial charge in [0, 0.05) is 10.7 Å². The molecule has 0 aliphatic heterocycles. The van der Waals surface area contributed by atoms with E-state index in [2.05, 4.69) is 24.1 Å². The number of hydrogen-bond donors (Lipinski definition) is 1. The molecule has 88 valence electrons. The zero-order valence-electron chi connectivity index (χ0n) is 9.83. The molecule has 16 heavy (non-hydrogen) atoms. The zero-order valence-corrected chi connectivity index (χ0v) is 10.6. The Morgan fingerprint density at radius 3 is 2.75 bits per heavy atom. The summed E-state index contributed by atoms with van der Waals surface area (Å²) in [7, 11) is 0. The molecule has 0 saturated heterocycles. The lowest BCUT2D eigenvalue weighted by Crippen LogP contribution is -2.26. The molecule has 1 amide bonds. The van der Waals surface area contributed by atoms with Gasteiger partial charge in [-0.15, -0.1) is 0 Å². The molecule has 0 saturated carbocycles. The molecule has 3 nitrogen and oxygen atoms in total. The minimum Gasteiger partial charge on any atom is -0.350 e. The third-order valence-electron chi connectivity index (χ3n) is 2.72. The van der Waals surface area contributed by atoms with Gasteiger partial charge in [0.25, 0.3) is 0 Å². The van der Waals surface area contributed by atoms with Crippen molar-refractivity contribution in [1.82, 2.24) is 10.3 Å². The first-order chi connectivity index (χ1) is 7.58. The van der Waals surface area contributed by atoms with Gasteiger partial charge >= 0.3 is 0 Å². The van der Waals surface area contributed by atoms with Crippen molar-refractivity contribution in [2.45, 2.75) is 33.2 Å². The first kappa shape index (κ1) is 13.0. The van der Waals surface area contributed by atoms with Crippen LogP contribution in [-0.2, 0) is 4.79 Å². The third-order valence-corrected chi connectivity index (χ3v) is 2.94. The highest BCUT2D eigenvalue weighted by Gasteiger charge is 2.19. The monoisotopic (exact) mass is 240 g/mol. The second kappa shape index (κ2) is 5.85. The maximum Gasteiger partial charge on any atom is 0.207 e. The van der Waals surface area contributed by atoms with Gasteiger partial charge in [-0.25, -0.2) is 0 Å². The van der Waals surface area contributed by atoms with Gasteiger partial charge in [-0.3, -0.25) is 9.78 Å². The minimum atomic E-state index is -0.0695. The van der Waals surface area contributed by atoms with E-state index in [1.807, 2.05) is 13.0 Å². The molecule has 0 radical (unpaired) electrons. The number of carbonyl (C=O) groups is 1. The van der Waals surface area contributed by atoms with Gasteiger partial charge in [0.2, 0.25) is 6.41 Å². The highest BCUT2D eigenvalue weighted by molar-refractivity contribution is 6.30. The summed E-state index contributed by atoms with van der Waals surface area (Å²) in [4.78, 5) is 15.0. The Morgan fingerprint density at radius 1 is 1.56 bits per heavy atom. The first-order valence-electron chi connectivity index (χ1n) is 5.42. The summed E-state index contributed by atoms with van der Waals surface area (Å²) in [6.45, 7) is 6.06. The van der Waals surface area contributed by atoms with Gasteiger partial charge in [0.15, 0.2) is 0 Å². The van der Waals surface area contributed by atoms with Crippen LogP contribution in [0.4, 0.5) is 0 Å². The lowest BCUT2D eigenvalue weighted by atomic mass is 9.96. The highest BCUT2D eigenvalue weighted by Crippen LogP contribution is 2.25. The predicted octanol–water partition coefficient (Wildman–Crippen LogP) is 2.88. The summed E-state index contributed by atoms with van der Waals surface area (Å²) in [5.41, 5.74) is 1.69. The van der Waals surface area contributed by atoms with Gasteiger partial charge in [-0.2, -0.15) is 0 Å². The Hall–Kier alpha value is -1.09. The van der Waals surface area contributed by atoms with Gasteiger partial charge < -0.3 is 5.32 Å². The van der Waals surface area contributed by atoms with Crippen LogP contribution in [0.25, 0.3) is 0 Å². The summed E-state index contributed by atoms with van der Waals surface area (Å²) >= 11 is 5.99. The van der Waals surface area contributed by atoms with Crippen molar-refractivity contribution in [2.24, 2.45) is 5.92 Å². The number of aromatic nitrogens is 1. The van der Waals surface area contributed by atoms with Crippen LogP contribution in [0, 0.1) is 12.8 Å². The van der Waals surface area contributed by atoms with Crippen LogP contribution in [0.5, 0.6) is 0 Å². The van der Waals surface area contributed by atoms with Crippen LogP contribution in [0.2, 0.25) is 5.02 Å². The van der Waals surface area contributed by atoms with Crippen LogP contribution >= 0.6 is 11.6 Å². The quantitative estimate of drug-likeness (QED) is 0.805. The van der Waals surface area contributed by atoms with Crippen molar-refractivity contribution >= 4 is 18.0 Å². The molecule has 0 aliphatic carbocycles. The average Bonchev–Trinajstić information content (AvgIpc) is 2.23. The third kappa shape index (κ3) is 3.20. The van der Waals surface area contributed by atoms with Crippen molar-refractivity contribution in [2.75, 3.05) is 0 Å². The predicted molar refractivity (Wildman–Crippen MR) is 65.4 cm³/mol. The molecule has 0 aliphatic rings. The highest BCUT2D eigenvalue weighted by atomic mass is 35.5. The molecule has 1 aromatic heterocycles. The summed E-state index contributed by atoms with van der Waals surface area (Å²) in [5.74, 6) is 0.329. The summed E-state index contributed by atoms with van der Waals surface area (Å²) < 4.78 is 0. The first-order valence-corrected chi connectivity index (χ1v) is 5.80. The Morgan fingerprint density at radius 2 is 2.25 bits per heavy atom. The molecule has 0 bridgehead atoms.